The van der Waals surface area contributed by atoms with Gasteiger partial charge in [0.05, 0.1) is 11.2 Å². The van der Waals surface area contributed by atoms with Gasteiger partial charge in [0, 0.05) is 5.82 Å². The van der Waals surface area contributed by atoms with Crippen LogP contribution in [0, 0.1) is 5.82 Å². The zero-order valence-corrected chi connectivity index (χ0v) is 11.9. The molecule has 1 aliphatic carbocycles. The predicted molar refractivity (Wildman–Crippen MR) is 73.6 cm³/mol. The van der Waals surface area contributed by atoms with Gasteiger partial charge in [-0.25, -0.2) is 4.39 Å². The van der Waals surface area contributed by atoms with E-state index in [9.17, 15) is 4.39 Å². The fourth-order valence-corrected chi connectivity index (χ4v) is 2.67. The summed E-state index contributed by atoms with van der Waals surface area (Å²) in [7, 11) is -0.139. The molecule has 102 valence electrons. The zero-order chi connectivity index (χ0) is 13.8. The highest BCUT2D eigenvalue weighted by molar-refractivity contribution is 6.49. The van der Waals surface area contributed by atoms with Crippen molar-refractivity contribution in [2.24, 2.45) is 0 Å². The molecule has 0 N–H and O–H groups in total. The highest BCUT2D eigenvalue weighted by Crippen LogP contribution is 2.58. The van der Waals surface area contributed by atoms with E-state index < -0.39 is 0 Å². The van der Waals surface area contributed by atoms with E-state index in [0.29, 0.717) is 11.7 Å². The molecule has 4 heteroatoms. The van der Waals surface area contributed by atoms with Crippen molar-refractivity contribution in [1.29, 1.82) is 0 Å². The monoisotopic (exact) mass is 262 g/mol. The van der Waals surface area contributed by atoms with E-state index in [1.165, 1.54) is 17.7 Å². The van der Waals surface area contributed by atoms with Crippen molar-refractivity contribution < 1.29 is 13.7 Å². The van der Waals surface area contributed by atoms with Crippen molar-refractivity contribution in [3.05, 3.63) is 35.6 Å². The van der Waals surface area contributed by atoms with Crippen molar-refractivity contribution >= 4 is 7.12 Å². The molecule has 1 saturated heterocycles. The summed E-state index contributed by atoms with van der Waals surface area (Å²) >= 11 is 0. The molecule has 19 heavy (non-hydrogen) atoms. The Balaban J connectivity index is 1.70. The van der Waals surface area contributed by atoms with E-state index in [1.807, 2.05) is 12.1 Å². The Morgan fingerprint density at radius 2 is 1.58 bits per heavy atom. The van der Waals surface area contributed by atoms with Gasteiger partial charge in [-0.2, -0.15) is 0 Å². The minimum atomic E-state index is -0.270. The lowest BCUT2D eigenvalue weighted by atomic mass is 9.79. The highest BCUT2D eigenvalue weighted by atomic mass is 19.1. The summed E-state index contributed by atoms with van der Waals surface area (Å²) < 4.78 is 25.1. The molecule has 1 aliphatic heterocycles. The van der Waals surface area contributed by atoms with Crippen LogP contribution in [-0.4, -0.2) is 18.3 Å². The molecule has 3 rings (SSSR count). The average Bonchev–Trinajstić information content (AvgIpc) is 3.04. The smallest absolute Gasteiger partial charge is 0.403 e. The molecule has 2 unspecified atom stereocenters. The lowest BCUT2D eigenvalue weighted by molar-refractivity contribution is 0.00578. The molecule has 2 fully saturated rings. The molecule has 0 spiro atoms. The summed E-state index contributed by atoms with van der Waals surface area (Å²) in [5.74, 6) is 0.651. The van der Waals surface area contributed by atoms with Gasteiger partial charge in [-0.05, 0) is 57.7 Å². The number of hydrogen-bond acceptors (Lipinski definition) is 2. The minimum Gasteiger partial charge on any atom is -0.403 e. The van der Waals surface area contributed by atoms with Crippen molar-refractivity contribution in [2.45, 2.75) is 57.1 Å². The van der Waals surface area contributed by atoms with Gasteiger partial charge in [0.2, 0.25) is 0 Å². The molecular weight excluding hydrogens is 242 g/mol. The molecule has 2 aliphatic rings. The highest BCUT2D eigenvalue weighted by Gasteiger charge is 2.59. The van der Waals surface area contributed by atoms with Gasteiger partial charge < -0.3 is 9.31 Å². The number of hydrogen-bond donors (Lipinski definition) is 0. The summed E-state index contributed by atoms with van der Waals surface area (Å²) in [5.41, 5.74) is 0.641. The number of halogens is 1. The van der Waals surface area contributed by atoms with E-state index in [4.69, 9.17) is 9.31 Å². The van der Waals surface area contributed by atoms with Crippen LogP contribution in [0.5, 0.6) is 0 Å². The van der Waals surface area contributed by atoms with Crippen molar-refractivity contribution in [3.8, 4) is 0 Å². The van der Waals surface area contributed by atoms with Crippen LogP contribution in [-0.2, 0) is 9.31 Å². The average molecular weight is 262 g/mol. The summed E-state index contributed by atoms with van der Waals surface area (Å²) in [6.07, 6.45) is 1.06. The topological polar surface area (TPSA) is 18.5 Å². The number of rotatable bonds is 2. The normalized spacial score (nSPS) is 31.5. The van der Waals surface area contributed by atoms with Crippen LogP contribution >= 0.6 is 0 Å². The molecule has 0 aromatic heterocycles. The van der Waals surface area contributed by atoms with Crippen molar-refractivity contribution in [2.75, 3.05) is 0 Å². The standard InChI is InChI=1S/C15H20BFO2/c1-14(2)15(3,4)19-16(18-14)13-9-12(13)10-5-7-11(17)8-6-10/h5-8,12-13H,9H2,1-4H3. The third-order valence-electron chi connectivity index (χ3n) is 4.76. The molecule has 0 amide bonds. The summed E-state index contributed by atoms with van der Waals surface area (Å²) in [6, 6.07) is 6.78. The Kier molecular flexibility index (Phi) is 2.81. The third-order valence-corrected chi connectivity index (χ3v) is 4.76. The van der Waals surface area contributed by atoms with Crippen LogP contribution in [0.15, 0.2) is 24.3 Å². The quantitative estimate of drug-likeness (QED) is 0.755. The van der Waals surface area contributed by atoms with Crippen LogP contribution in [0.4, 0.5) is 4.39 Å². The van der Waals surface area contributed by atoms with Crippen LogP contribution in [0.3, 0.4) is 0 Å². The largest absolute Gasteiger partial charge is 0.461 e. The Bertz CT molecular complexity index is 467. The van der Waals surface area contributed by atoms with Gasteiger partial charge in [-0.15, -0.1) is 0 Å². The maximum atomic E-state index is 12.9. The predicted octanol–water partition coefficient (Wildman–Crippen LogP) is 3.78. The van der Waals surface area contributed by atoms with Crippen LogP contribution in [0.25, 0.3) is 0 Å². The van der Waals surface area contributed by atoms with E-state index in [-0.39, 0.29) is 24.1 Å². The second kappa shape index (κ2) is 4.06. The summed E-state index contributed by atoms with van der Waals surface area (Å²) in [6.45, 7) is 8.29. The fraction of sp³-hybridized carbons (Fsp3) is 0.600. The van der Waals surface area contributed by atoms with Gasteiger partial charge in [0.1, 0.15) is 5.82 Å². The Labute approximate surface area is 114 Å². The molecule has 0 radical (unpaired) electrons. The molecule has 1 aromatic carbocycles. The van der Waals surface area contributed by atoms with Gasteiger partial charge in [0.15, 0.2) is 0 Å². The van der Waals surface area contributed by atoms with Crippen LogP contribution < -0.4 is 0 Å². The van der Waals surface area contributed by atoms with Gasteiger partial charge in [-0.3, -0.25) is 0 Å². The first-order valence-corrected chi connectivity index (χ1v) is 6.91. The van der Waals surface area contributed by atoms with Gasteiger partial charge in [0.25, 0.3) is 0 Å². The first-order valence-electron chi connectivity index (χ1n) is 6.91. The second-order valence-corrected chi connectivity index (χ2v) is 6.68. The van der Waals surface area contributed by atoms with Gasteiger partial charge >= 0.3 is 7.12 Å². The second-order valence-electron chi connectivity index (χ2n) is 6.68. The lowest BCUT2D eigenvalue weighted by Crippen LogP contribution is -2.41. The molecule has 1 heterocycles. The molecule has 1 saturated carbocycles. The Morgan fingerprint density at radius 3 is 2.11 bits per heavy atom. The van der Waals surface area contributed by atoms with E-state index in [2.05, 4.69) is 27.7 Å². The fourth-order valence-electron chi connectivity index (χ4n) is 2.67. The van der Waals surface area contributed by atoms with E-state index in [0.717, 1.165) is 6.42 Å². The zero-order valence-electron chi connectivity index (χ0n) is 11.9. The van der Waals surface area contributed by atoms with Crippen molar-refractivity contribution in [3.63, 3.8) is 0 Å². The Morgan fingerprint density at radius 1 is 1.05 bits per heavy atom. The minimum absolute atomic E-state index is 0.139. The first-order chi connectivity index (χ1) is 8.80. The molecular formula is C15H20BFO2. The molecule has 0 bridgehead atoms. The van der Waals surface area contributed by atoms with Crippen LogP contribution in [0.1, 0.15) is 45.6 Å². The molecule has 2 nitrogen and oxygen atoms in total. The van der Waals surface area contributed by atoms with E-state index in [1.54, 1.807) is 0 Å². The van der Waals surface area contributed by atoms with Crippen LogP contribution in [0.2, 0.25) is 5.82 Å². The molecule has 2 atom stereocenters. The van der Waals surface area contributed by atoms with Crippen molar-refractivity contribution in [1.82, 2.24) is 0 Å². The van der Waals surface area contributed by atoms with E-state index >= 15 is 0 Å². The molecule has 1 aromatic rings. The summed E-state index contributed by atoms with van der Waals surface area (Å²) in [4.78, 5) is 0. The third kappa shape index (κ3) is 2.21. The van der Waals surface area contributed by atoms with Gasteiger partial charge in [-0.1, -0.05) is 12.1 Å². The SMILES string of the molecule is CC1(C)OB(C2CC2c2ccc(F)cc2)OC1(C)C. The Hall–Kier alpha value is -0.865. The lowest BCUT2D eigenvalue weighted by Gasteiger charge is -2.32. The maximum absolute atomic E-state index is 12.9. The number of benzene rings is 1. The maximum Gasteiger partial charge on any atom is 0.461 e. The summed E-state index contributed by atoms with van der Waals surface area (Å²) in [5, 5.41) is 0. The first kappa shape index (κ1) is 13.1.